The molecule has 0 N–H and O–H groups in total. The van der Waals surface area contributed by atoms with Crippen LogP contribution < -0.4 is 0 Å². The van der Waals surface area contributed by atoms with E-state index < -0.39 is 0 Å². The third kappa shape index (κ3) is 4.37. The Morgan fingerprint density at radius 1 is 0.298 bits per heavy atom. The zero-order valence-corrected chi connectivity index (χ0v) is 26.7. The smallest absolute Gasteiger partial charge is 0.0159 e. The van der Waals surface area contributed by atoms with Crippen LogP contribution in [0.1, 0.15) is 25.0 Å². The van der Waals surface area contributed by atoms with E-state index in [1.165, 1.54) is 88.3 Å². The van der Waals surface area contributed by atoms with Crippen LogP contribution >= 0.6 is 0 Å². The molecule has 47 heavy (non-hydrogen) atoms. The van der Waals surface area contributed by atoms with Gasteiger partial charge in [-0.1, -0.05) is 172 Å². The van der Waals surface area contributed by atoms with Crippen molar-refractivity contribution in [3.8, 4) is 55.6 Å². The van der Waals surface area contributed by atoms with Gasteiger partial charge in [-0.15, -0.1) is 0 Å². The largest absolute Gasteiger partial charge is 0.0622 e. The third-order valence-electron chi connectivity index (χ3n) is 10.3. The Bertz CT molecular complexity index is 2400. The molecule has 0 fully saturated rings. The summed E-state index contributed by atoms with van der Waals surface area (Å²) < 4.78 is 0. The zero-order chi connectivity index (χ0) is 31.5. The van der Waals surface area contributed by atoms with Gasteiger partial charge in [0.05, 0.1) is 0 Å². The van der Waals surface area contributed by atoms with E-state index in [1.807, 2.05) is 0 Å². The maximum absolute atomic E-state index is 2.46. The molecule has 8 aromatic rings. The predicted molar refractivity (Wildman–Crippen MR) is 201 cm³/mol. The normalized spacial score (nSPS) is 13.1. The first-order valence-electron chi connectivity index (χ1n) is 16.5. The van der Waals surface area contributed by atoms with Gasteiger partial charge in [0.1, 0.15) is 0 Å². The van der Waals surface area contributed by atoms with E-state index in [1.54, 1.807) is 0 Å². The van der Waals surface area contributed by atoms with Crippen LogP contribution in [0, 0.1) is 0 Å². The molecule has 0 saturated heterocycles. The van der Waals surface area contributed by atoms with Gasteiger partial charge in [0.25, 0.3) is 0 Å². The number of hydrogen-bond acceptors (Lipinski definition) is 0. The van der Waals surface area contributed by atoms with Crippen LogP contribution in [0.4, 0.5) is 0 Å². The summed E-state index contributed by atoms with van der Waals surface area (Å²) in [5.74, 6) is 0. The van der Waals surface area contributed by atoms with Crippen molar-refractivity contribution in [1.29, 1.82) is 0 Å². The molecule has 9 rings (SSSR count). The van der Waals surface area contributed by atoms with E-state index in [9.17, 15) is 0 Å². The standard InChI is InChI=1S/C47H34/c1-47(2)43-22-11-10-17-37(43)38-28-27-36(30-44(38)47)46-41-20-8-6-18-39(41)45(40-19-7-9-21-42(40)46)33-25-23-32(24-26-33)35-16-12-15-34(29-35)31-13-4-3-5-14-31/h3-30H,1-2H3. The molecule has 1 aliphatic rings. The van der Waals surface area contributed by atoms with E-state index in [4.69, 9.17) is 0 Å². The van der Waals surface area contributed by atoms with Gasteiger partial charge in [0, 0.05) is 5.41 Å². The summed E-state index contributed by atoms with van der Waals surface area (Å²) in [6.45, 7) is 4.73. The average molecular weight is 599 g/mol. The lowest BCUT2D eigenvalue weighted by Crippen LogP contribution is -2.14. The molecule has 0 amide bonds. The minimum atomic E-state index is -0.0458. The minimum Gasteiger partial charge on any atom is -0.0622 e. The maximum Gasteiger partial charge on any atom is 0.0159 e. The van der Waals surface area contributed by atoms with Crippen molar-refractivity contribution in [2.45, 2.75) is 19.3 Å². The maximum atomic E-state index is 2.46. The molecule has 1 aliphatic carbocycles. The molecule has 0 spiro atoms. The summed E-state index contributed by atoms with van der Waals surface area (Å²) in [4.78, 5) is 0. The fourth-order valence-electron chi connectivity index (χ4n) is 7.95. The average Bonchev–Trinajstić information content (AvgIpc) is 3.36. The molecule has 0 saturated carbocycles. The molecule has 0 aromatic heterocycles. The first kappa shape index (κ1) is 27.6. The van der Waals surface area contributed by atoms with E-state index in [0.29, 0.717) is 0 Å². The van der Waals surface area contributed by atoms with Crippen LogP contribution in [-0.2, 0) is 5.41 Å². The van der Waals surface area contributed by atoms with Gasteiger partial charge < -0.3 is 0 Å². The Kier molecular flexibility index (Phi) is 6.27. The highest BCUT2D eigenvalue weighted by molar-refractivity contribution is 6.21. The Morgan fingerprint density at radius 2 is 0.745 bits per heavy atom. The van der Waals surface area contributed by atoms with Crippen LogP contribution in [-0.4, -0.2) is 0 Å². The van der Waals surface area contributed by atoms with Gasteiger partial charge in [-0.25, -0.2) is 0 Å². The van der Waals surface area contributed by atoms with E-state index in [2.05, 4.69) is 184 Å². The summed E-state index contributed by atoms with van der Waals surface area (Å²) >= 11 is 0. The zero-order valence-electron chi connectivity index (χ0n) is 26.7. The van der Waals surface area contributed by atoms with Crippen molar-refractivity contribution in [2.24, 2.45) is 0 Å². The van der Waals surface area contributed by atoms with Gasteiger partial charge in [0.2, 0.25) is 0 Å². The van der Waals surface area contributed by atoms with Crippen LogP contribution in [0.15, 0.2) is 170 Å². The van der Waals surface area contributed by atoms with Crippen molar-refractivity contribution in [3.05, 3.63) is 181 Å². The van der Waals surface area contributed by atoms with Gasteiger partial charge in [-0.3, -0.25) is 0 Å². The monoisotopic (exact) mass is 598 g/mol. The summed E-state index contributed by atoms with van der Waals surface area (Å²) in [6.07, 6.45) is 0. The Labute approximate surface area is 276 Å². The highest BCUT2D eigenvalue weighted by Gasteiger charge is 2.35. The predicted octanol–water partition coefficient (Wildman–Crippen LogP) is 13.0. The number of hydrogen-bond donors (Lipinski definition) is 0. The lowest BCUT2D eigenvalue weighted by atomic mass is 9.80. The highest BCUT2D eigenvalue weighted by atomic mass is 14.4. The molecular weight excluding hydrogens is 565 g/mol. The van der Waals surface area contributed by atoms with Gasteiger partial charge in [0.15, 0.2) is 0 Å². The molecule has 8 aromatic carbocycles. The SMILES string of the molecule is CC1(C)c2ccccc2-c2ccc(-c3c4ccccc4c(-c4ccc(-c5cccc(-c6ccccc6)c5)cc4)c4ccccc34)cc21. The molecular formula is C47H34. The topological polar surface area (TPSA) is 0 Å². The summed E-state index contributed by atoms with van der Waals surface area (Å²) in [5, 5.41) is 5.13. The van der Waals surface area contributed by atoms with E-state index in [-0.39, 0.29) is 5.41 Å². The molecule has 222 valence electrons. The number of rotatable bonds is 4. The van der Waals surface area contributed by atoms with E-state index in [0.717, 1.165) is 0 Å². The van der Waals surface area contributed by atoms with Crippen LogP contribution in [0.3, 0.4) is 0 Å². The lowest BCUT2D eigenvalue weighted by Gasteiger charge is -2.23. The van der Waals surface area contributed by atoms with Gasteiger partial charge in [-0.05, 0) is 100 Å². The number of benzene rings is 8. The van der Waals surface area contributed by atoms with Crippen molar-refractivity contribution in [1.82, 2.24) is 0 Å². The van der Waals surface area contributed by atoms with Crippen molar-refractivity contribution < 1.29 is 0 Å². The van der Waals surface area contributed by atoms with Crippen LogP contribution in [0.25, 0.3) is 77.2 Å². The molecule has 0 atom stereocenters. The Morgan fingerprint density at radius 3 is 1.38 bits per heavy atom. The second-order valence-electron chi connectivity index (χ2n) is 13.3. The second kappa shape index (κ2) is 10.7. The first-order chi connectivity index (χ1) is 23.1. The second-order valence-corrected chi connectivity index (χ2v) is 13.3. The van der Waals surface area contributed by atoms with Gasteiger partial charge >= 0.3 is 0 Å². The summed E-state index contributed by atoms with van der Waals surface area (Å²) in [5.41, 5.74) is 15.5. The molecule has 0 bridgehead atoms. The first-order valence-corrected chi connectivity index (χ1v) is 16.5. The molecule has 0 heterocycles. The fourth-order valence-corrected chi connectivity index (χ4v) is 7.95. The molecule has 0 nitrogen and oxygen atoms in total. The Balaban J connectivity index is 1.20. The molecule has 0 radical (unpaired) electrons. The summed E-state index contributed by atoms with van der Waals surface area (Å²) in [6, 6.07) is 62.5. The third-order valence-corrected chi connectivity index (χ3v) is 10.3. The molecule has 0 heteroatoms. The van der Waals surface area contributed by atoms with E-state index >= 15 is 0 Å². The van der Waals surface area contributed by atoms with Gasteiger partial charge in [-0.2, -0.15) is 0 Å². The number of fused-ring (bicyclic) bond motifs is 5. The van der Waals surface area contributed by atoms with Crippen molar-refractivity contribution in [2.75, 3.05) is 0 Å². The highest BCUT2D eigenvalue weighted by Crippen LogP contribution is 2.51. The lowest BCUT2D eigenvalue weighted by molar-refractivity contribution is 0.660. The Hall–Kier alpha value is -5.72. The fraction of sp³-hybridized carbons (Fsp3) is 0.0638. The van der Waals surface area contributed by atoms with Crippen LogP contribution in [0.2, 0.25) is 0 Å². The molecule has 0 aliphatic heterocycles. The quantitative estimate of drug-likeness (QED) is 0.177. The van der Waals surface area contributed by atoms with Crippen LogP contribution in [0.5, 0.6) is 0 Å². The van der Waals surface area contributed by atoms with Crippen molar-refractivity contribution >= 4 is 21.5 Å². The molecule has 0 unspecified atom stereocenters. The minimum absolute atomic E-state index is 0.0458. The summed E-state index contributed by atoms with van der Waals surface area (Å²) in [7, 11) is 0. The van der Waals surface area contributed by atoms with Crippen molar-refractivity contribution in [3.63, 3.8) is 0 Å².